The Morgan fingerprint density at radius 2 is 2.22 bits per heavy atom. The Morgan fingerprint density at radius 1 is 1.50 bits per heavy atom. The lowest BCUT2D eigenvalue weighted by molar-refractivity contribution is 0.0381. The summed E-state index contributed by atoms with van der Waals surface area (Å²) in [6.45, 7) is 4.50. The molecule has 0 radical (unpaired) electrons. The maximum absolute atomic E-state index is 11.4. The topological polar surface area (TPSA) is 47.6 Å². The van der Waals surface area contributed by atoms with Crippen molar-refractivity contribution in [1.82, 2.24) is 5.32 Å². The fourth-order valence-corrected chi connectivity index (χ4v) is 2.45. The molecular weight excluding hydrogens is 298 g/mol. The first kappa shape index (κ1) is 13.2. The molecule has 0 aromatic heterocycles. The number of benzene rings is 1. The largest absolute Gasteiger partial charge is 0.496 e. The van der Waals surface area contributed by atoms with Crippen LogP contribution < -0.4 is 10.1 Å². The molecule has 1 amide bonds. The summed E-state index contributed by atoms with van der Waals surface area (Å²) in [6.07, 6.45) is -0.385. The minimum atomic E-state index is -0.385. The maximum atomic E-state index is 11.4. The van der Waals surface area contributed by atoms with Crippen molar-refractivity contribution in [3.05, 3.63) is 28.2 Å². The molecule has 1 atom stereocenters. The number of hydrogen-bond acceptors (Lipinski definition) is 3. The van der Waals surface area contributed by atoms with Gasteiger partial charge in [-0.2, -0.15) is 0 Å². The Morgan fingerprint density at radius 3 is 2.89 bits per heavy atom. The van der Waals surface area contributed by atoms with Crippen LogP contribution in [0.15, 0.2) is 22.7 Å². The van der Waals surface area contributed by atoms with E-state index in [1.54, 1.807) is 7.11 Å². The van der Waals surface area contributed by atoms with Gasteiger partial charge in [0.2, 0.25) is 0 Å². The van der Waals surface area contributed by atoms with Crippen LogP contribution >= 0.6 is 15.9 Å². The molecule has 1 aromatic rings. The first-order valence-electron chi connectivity index (χ1n) is 5.71. The SMILES string of the molecule is COc1cc(Br)ccc1[C@@H]1NC(=O)OCC1(C)C. The summed E-state index contributed by atoms with van der Waals surface area (Å²) in [6, 6.07) is 5.67. The van der Waals surface area contributed by atoms with Crippen molar-refractivity contribution in [2.24, 2.45) is 5.41 Å². The molecule has 0 bridgehead atoms. The summed E-state index contributed by atoms with van der Waals surface area (Å²) in [4.78, 5) is 11.4. The normalized spacial score (nSPS) is 22.0. The molecule has 1 N–H and O–H groups in total. The van der Waals surface area contributed by atoms with Crippen LogP contribution in [0.3, 0.4) is 0 Å². The Labute approximate surface area is 115 Å². The molecule has 1 aliphatic rings. The zero-order valence-electron chi connectivity index (χ0n) is 10.6. The number of ether oxygens (including phenoxy) is 2. The lowest BCUT2D eigenvalue weighted by atomic mass is 9.80. The Kier molecular flexibility index (Phi) is 3.52. The predicted molar refractivity (Wildman–Crippen MR) is 71.7 cm³/mol. The lowest BCUT2D eigenvalue weighted by Gasteiger charge is -2.39. The van der Waals surface area contributed by atoms with E-state index in [0.29, 0.717) is 6.61 Å². The quantitative estimate of drug-likeness (QED) is 0.911. The van der Waals surface area contributed by atoms with Crippen LogP contribution in [0.2, 0.25) is 0 Å². The van der Waals surface area contributed by atoms with Crippen LogP contribution in [0.5, 0.6) is 5.75 Å². The van der Waals surface area contributed by atoms with Crippen molar-refractivity contribution in [3.8, 4) is 5.75 Å². The van der Waals surface area contributed by atoms with E-state index in [4.69, 9.17) is 9.47 Å². The highest BCUT2D eigenvalue weighted by atomic mass is 79.9. The molecule has 98 valence electrons. The minimum Gasteiger partial charge on any atom is -0.496 e. The van der Waals surface area contributed by atoms with Gasteiger partial charge in [-0.25, -0.2) is 4.79 Å². The maximum Gasteiger partial charge on any atom is 0.407 e. The number of nitrogens with one attached hydrogen (secondary N) is 1. The van der Waals surface area contributed by atoms with Gasteiger partial charge < -0.3 is 14.8 Å². The highest BCUT2D eigenvalue weighted by Crippen LogP contribution is 2.40. The fraction of sp³-hybridized carbons (Fsp3) is 0.462. The highest BCUT2D eigenvalue weighted by molar-refractivity contribution is 9.10. The zero-order chi connectivity index (χ0) is 13.3. The standard InChI is InChI=1S/C13H16BrNO3/c1-13(2)7-18-12(16)15-11(13)9-5-4-8(14)6-10(9)17-3/h4-6,11H,7H2,1-3H3,(H,15,16)/t11-/m0/s1. The number of rotatable bonds is 2. The van der Waals surface area contributed by atoms with Crippen LogP contribution in [-0.4, -0.2) is 19.8 Å². The van der Waals surface area contributed by atoms with Gasteiger partial charge in [-0.05, 0) is 12.1 Å². The van der Waals surface area contributed by atoms with E-state index >= 15 is 0 Å². The van der Waals surface area contributed by atoms with Crippen molar-refractivity contribution in [3.63, 3.8) is 0 Å². The molecule has 4 nitrogen and oxygen atoms in total. The summed E-state index contributed by atoms with van der Waals surface area (Å²) in [5.74, 6) is 0.754. The van der Waals surface area contributed by atoms with Crippen LogP contribution in [0, 0.1) is 5.41 Å². The first-order chi connectivity index (χ1) is 8.44. The van der Waals surface area contributed by atoms with E-state index in [1.165, 1.54) is 0 Å². The molecule has 0 unspecified atom stereocenters. The van der Waals surface area contributed by atoms with Crippen molar-refractivity contribution in [1.29, 1.82) is 0 Å². The van der Waals surface area contributed by atoms with Gasteiger partial charge in [0.05, 0.1) is 13.2 Å². The van der Waals surface area contributed by atoms with Gasteiger partial charge >= 0.3 is 6.09 Å². The molecular formula is C13H16BrNO3. The molecule has 5 heteroatoms. The number of cyclic esters (lactones) is 1. The van der Waals surface area contributed by atoms with Gasteiger partial charge in [-0.1, -0.05) is 35.8 Å². The third-order valence-corrected chi connectivity index (χ3v) is 3.62. The Balaban J connectivity index is 2.42. The van der Waals surface area contributed by atoms with Gasteiger partial charge in [0.25, 0.3) is 0 Å². The van der Waals surface area contributed by atoms with Crippen molar-refractivity contribution < 1.29 is 14.3 Å². The van der Waals surface area contributed by atoms with E-state index in [2.05, 4.69) is 35.1 Å². The highest BCUT2D eigenvalue weighted by Gasteiger charge is 2.39. The monoisotopic (exact) mass is 313 g/mol. The van der Waals surface area contributed by atoms with Gasteiger partial charge in [-0.3, -0.25) is 0 Å². The summed E-state index contributed by atoms with van der Waals surface area (Å²) >= 11 is 3.41. The van der Waals surface area contributed by atoms with Crippen LogP contribution in [0.25, 0.3) is 0 Å². The van der Waals surface area contributed by atoms with E-state index < -0.39 is 0 Å². The Bertz CT molecular complexity index is 473. The molecule has 1 fully saturated rings. The molecule has 2 rings (SSSR count). The third kappa shape index (κ3) is 2.46. The molecule has 0 spiro atoms. The summed E-state index contributed by atoms with van der Waals surface area (Å²) in [5.41, 5.74) is 0.775. The van der Waals surface area contributed by atoms with Gasteiger partial charge in [0.1, 0.15) is 12.4 Å². The molecule has 1 aliphatic heterocycles. The molecule has 1 aromatic carbocycles. The number of amides is 1. The van der Waals surface area contributed by atoms with Gasteiger partial charge in [0.15, 0.2) is 0 Å². The Hall–Kier alpha value is -1.23. The van der Waals surface area contributed by atoms with Crippen LogP contribution in [0.4, 0.5) is 4.79 Å². The fourth-order valence-electron chi connectivity index (χ4n) is 2.11. The summed E-state index contributed by atoms with van der Waals surface area (Å²) in [7, 11) is 1.62. The van der Waals surface area contributed by atoms with Crippen molar-refractivity contribution in [2.75, 3.05) is 13.7 Å². The number of methoxy groups -OCH3 is 1. The van der Waals surface area contributed by atoms with Crippen LogP contribution in [0.1, 0.15) is 25.5 Å². The van der Waals surface area contributed by atoms with E-state index in [9.17, 15) is 4.79 Å². The number of halogens is 1. The van der Waals surface area contributed by atoms with Gasteiger partial charge in [-0.15, -0.1) is 0 Å². The summed E-state index contributed by atoms with van der Waals surface area (Å²) in [5, 5.41) is 2.86. The first-order valence-corrected chi connectivity index (χ1v) is 6.50. The second kappa shape index (κ2) is 4.80. The second-order valence-corrected chi connectivity index (χ2v) is 5.94. The molecule has 0 saturated carbocycles. The van der Waals surface area contributed by atoms with E-state index in [-0.39, 0.29) is 17.6 Å². The number of hydrogen-bond donors (Lipinski definition) is 1. The van der Waals surface area contributed by atoms with E-state index in [1.807, 2.05) is 18.2 Å². The number of carbonyl (C=O) groups excluding carboxylic acids is 1. The average Bonchev–Trinajstić information content (AvgIpc) is 2.32. The average molecular weight is 314 g/mol. The molecule has 0 aliphatic carbocycles. The third-order valence-electron chi connectivity index (χ3n) is 3.13. The minimum absolute atomic E-state index is 0.123. The molecule has 18 heavy (non-hydrogen) atoms. The second-order valence-electron chi connectivity index (χ2n) is 5.03. The summed E-state index contributed by atoms with van der Waals surface area (Å²) < 4.78 is 11.4. The molecule has 1 heterocycles. The number of carbonyl (C=O) groups is 1. The van der Waals surface area contributed by atoms with E-state index in [0.717, 1.165) is 15.8 Å². The smallest absolute Gasteiger partial charge is 0.407 e. The number of alkyl carbamates (subject to hydrolysis) is 1. The van der Waals surface area contributed by atoms with Crippen LogP contribution in [-0.2, 0) is 4.74 Å². The van der Waals surface area contributed by atoms with Crippen molar-refractivity contribution >= 4 is 22.0 Å². The zero-order valence-corrected chi connectivity index (χ0v) is 12.2. The van der Waals surface area contributed by atoms with Gasteiger partial charge in [0, 0.05) is 15.5 Å². The molecule has 1 saturated heterocycles. The predicted octanol–water partition coefficient (Wildman–Crippen LogP) is 3.26. The van der Waals surface area contributed by atoms with Crippen molar-refractivity contribution in [2.45, 2.75) is 19.9 Å². The lowest BCUT2D eigenvalue weighted by Crippen LogP contribution is -2.47.